The standard InChI is InChI=1S/C17H19FN2O3S/c1-3-24(22,23)20(2)16-10-6-14(7-11-16)17(21)19-12-13-4-8-15(18)9-5-13/h4-11H,3,12H2,1-2H3,(H,19,21). The summed E-state index contributed by atoms with van der Waals surface area (Å²) < 4.78 is 37.7. The van der Waals surface area contributed by atoms with Gasteiger partial charge in [0.15, 0.2) is 0 Å². The molecule has 0 fully saturated rings. The minimum atomic E-state index is -3.33. The van der Waals surface area contributed by atoms with Gasteiger partial charge in [0.2, 0.25) is 10.0 Å². The third-order valence-electron chi connectivity index (χ3n) is 3.64. The summed E-state index contributed by atoms with van der Waals surface area (Å²) in [6, 6.07) is 12.2. The molecule has 128 valence electrons. The van der Waals surface area contributed by atoms with Crippen molar-refractivity contribution in [3.05, 3.63) is 65.5 Å². The van der Waals surface area contributed by atoms with Crippen LogP contribution < -0.4 is 9.62 Å². The van der Waals surface area contributed by atoms with Gasteiger partial charge in [-0.1, -0.05) is 12.1 Å². The summed E-state index contributed by atoms with van der Waals surface area (Å²) in [5, 5.41) is 2.73. The van der Waals surface area contributed by atoms with Crippen molar-refractivity contribution in [3.63, 3.8) is 0 Å². The Morgan fingerprint density at radius 2 is 1.67 bits per heavy atom. The predicted molar refractivity (Wildman–Crippen MR) is 91.9 cm³/mol. The van der Waals surface area contributed by atoms with Crippen LogP contribution in [0.1, 0.15) is 22.8 Å². The Balaban J connectivity index is 2.02. The van der Waals surface area contributed by atoms with E-state index in [0.29, 0.717) is 11.3 Å². The van der Waals surface area contributed by atoms with Crippen LogP contribution in [0.4, 0.5) is 10.1 Å². The second-order valence-electron chi connectivity index (χ2n) is 5.22. The molecule has 0 spiro atoms. The van der Waals surface area contributed by atoms with Crippen molar-refractivity contribution in [3.8, 4) is 0 Å². The third-order valence-corrected chi connectivity index (χ3v) is 5.42. The number of rotatable bonds is 6. The number of hydrogen-bond acceptors (Lipinski definition) is 3. The summed E-state index contributed by atoms with van der Waals surface area (Å²) in [5.41, 5.74) is 1.70. The minimum absolute atomic E-state index is 0.00338. The van der Waals surface area contributed by atoms with Gasteiger partial charge in [0.05, 0.1) is 11.4 Å². The number of hydrogen-bond donors (Lipinski definition) is 1. The molecule has 2 aromatic rings. The molecule has 0 saturated heterocycles. The number of benzene rings is 2. The number of halogens is 1. The fourth-order valence-electron chi connectivity index (χ4n) is 2.06. The molecular formula is C17H19FN2O3S. The highest BCUT2D eigenvalue weighted by Gasteiger charge is 2.16. The molecule has 0 aromatic heterocycles. The van der Waals surface area contributed by atoms with E-state index in [1.807, 2.05) is 0 Å². The summed E-state index contributed by atoms with van der Waals surface area (Å²) in [6.07, 6.45) is 0. The quantitative estimate of drug-likeness (QED) is 0.871. The van der Waals surface area contributed by atoms with Gasteiger partial charge in [0.1, 0.15) is 5.82 Å². The van der Waals surface area contributed by atoms with E-state index in [0.717, 1.165) is 5.56 Å². The molecule has 0 saturated carbocycles. The number of nitrogens with zero attached hydrogens (tertiary/aromatic N) is 1. The number of sulfonamides is 1. The molecular weight excluding hydrogens is 331 g/mol. The Morgan fingerprint density at radius 3 is 2.21 bits per heavy atom. The second kappa shape index (κ2) is 7.44. The van der Waals surface area contributed by atoms with Gasteiger partial charge in [-0.2, -0.15) is 0 Å². The molecule has 0 aliphatic carbocycles. The van der Waals surface area contributed by atoms with Gasteiger partial charge < -0.3 is 5.32 Å². The van der Waals surface area contributed by atoms with Gasteiger partial charge in [0.25, 0.3) is 5.91 Å². The van der Waals surface area contributed by atoms with Crippen molar-refractivity contribution in [2.75, 3.05) is 17.1 Å². The van der Waals surface area contributed by atoms with E-state index in [1.165, 1.54) is 23.5 Å². The molecule has 24 heavy (non-hydrogen) atoms. The Bertz CT molecular complexity index is 803. The fourth-order valence-corrected chi connectivity index (χ4v) is 2.89. The maximum atomic E-state index is 12.8. The molecule has 0 atom stereocenters. The molecule has 2 rings (SSSR count). The Morgan fingerprint density at radius 1 is 1.08 bits per heavy atom. The van der Waals surface area contributed by atoms with Crippen molar-refractivity contribution < 1.29 is 17.6 Å². The first-order chi connectivity index (χ1) is 11.3. The largest absolute Gasteiger partial charge is 0.348 e. The fraction of sp³-hybridized carbons (Fsp3) is 0.235. The summed E-state index contributed by atoms with van der Waals surface area (Å²) in [5.74, 6) is -0.609. The summed E-state index contributed by atoms with van der Waals surface area (Å²) in [7, 11) is -1.86. The van der Waals surface area contributed by atoms with Crippen molar-refractivity contribution >= 4 is 21.6 Å². The first kappa shape index (κ1) is 17.9. The summed E-state index contributed by atoms with van der Waals surface area (Å²) in [6.45, 7) is 1.86. The molecule has 5 nitrogen and oxygen atoms in total. The number of carbonyl (C=O) groups is 1. The van der Waals surface area contributed by atoms with E-state index >= 15 is 0 Å². The lowest BCUT2D eigenvalue weighted by Crippen LogP contribution is -2.28. The van der Waals surface area contributed by atoms with Crippen molar-refractivity contribution in [2.24, 2.45) is 0 Å². The Kier molecular flexibility index (Phi) is 5.56. The van der Waals surface area contributed by atoms with Crippen molar-refractivity contribution in [2.45, 2.75) is 13.5 Å². The van der Waals surface area contributed by atoms with Crippen LogP contribution in [0.5, 0.6) is 0 Å². The average Bonchev–Trinajstić information content (AvgIpc) is 2.60. The lowest BCUT2D eigenvalue weighted by Gasteiger charge is -2.18. The number of amides is 1. The van der Waals surface area contributed by atoms with Crippen LogP contribution >= 0.6 is 0 Å². The highest BCUT2D eigenvalue weighted by molar-refractivity contribution is 7.92. The van der Waals surface area contributed by atoms with Crippen LogP contribution in [-0.4, -0.2) is 27.1 Å². The van der Waals surface area contributed by atoms with Gasteiger partial charge >= 0.3 is 0 Å². The van der Waals surface area contributed by atoms with E-state index < -0.39 is 10.0 Å². The first-order valence-corrected chi connectivity index (χ1v) is 9.03. The lowest BCUT2D eigenvalue weighted by molar-refractivity contribution is 0.0951. The zero-order chi connectivity index (χ0) is 17.7. The molecule has 0 unspecified atom stereocenters. The highest BCUT2D eigenvalue weighted by atomic mass is 32.2. The second-order valence-corrected chi connectivity index (χ2v) is 7.51. The van der Waals surface area contributed by atoms with E-state index in [1.54, 1.807) is 43.3 Å². The van der Waals surface area contributed by atoms with Gasteiger partial charge in [-0.25, -0.2) is 12.8 Å². The maximum Gasteiger partial charge on any atom is 0.251 e. The molecule has 0 bridgehead atoms. The maximum absolute atomic E-state index is 12.8. The first-order valence-electron chi connectivity index (χ1n) is 7.43. The molecule has 2 aromatic carbocycles. The van der Waals surface area contributed by atoms with E-state index in [-0.39, 0.29) is 24.0 Å². The van der Waals surface area contributed by atoms with Gasteiger partial charge in [0, 0.05) is 19.2 Å². The predicted octanol–water partition coefficient (Wildman–Crippen LogP) is 2.54. The van der Waals surface area contributed by atoms with Crippen LogP contribution in [0, 0.1) is 5.82 Å². The Hall–Kier alpha value is -2.41. The van der Waals surface area contributed by atoms with E-state index in [9.17, 15) is 17.6 Å². The zero-order valence-electron chi connectivity index (χ0n) is 13.5. The van der Waals surface area contributed by atoms with E-state index in [4.69, 9.17) is 0 Å². The topological polar surface area (TPSA) is 66.5 Å². The molecule has 0 aliphatic heterocycles. The van der Waals surface area contributed by atoms with Crippen LogP contribution in [0.2, 0.25) is 0 Å². The van der Waals surface area contributed by atoms with Gasteiger partial charge in [-0.05, 0) is 48.9 Å². The van der Waals surface area contributed by atoms with Crippen LogP contribution in [-0.2, 0) is 16.6 Å². The number of nitrogens with one attached hydrogen (secondary N) is 1. The van der Waals surface area contributed by atoms with Gasteiger partial charge in [-0.15, -0.1) is 0 Å². The van der Waals surface area contributed by atoms with Crippen LogP contribution in [0.15, 0.2) is 48.5 Å². The third kappa shape index (κ3) is 4.32. The minimum Gasteiger partial charge on any atom is -0.348 e. The molecule has 1 N–H and O–H groups in total. The van der Waals surface area contributed by atoms with Crippen molar-refractivity contribution in [1.82, 2.24) is 5.32 Å². The highest BCUT2D eigenvalue weighted by Crippen LogP contribution is 2.17. The molecule has 0 heterocycles. The number of carbonyl (C=O) groups excluding carboxylic acids is 1. The molecule has 0 radical (unpaired) electrons. The smallest absolute Gasteiger partial charge is 0.251 e. The lowest BCUT2D eigenvalue weighted by atomic mass is 10.1. The average molecular weight is 350 g/mol. The van der Waals surface area contributed by atoms with Crippen LogP contribution in [0.3, 0.4) is 0 Å². The molecule has 1 amide bonds. The Labute approximate surface area is 141 Å². The molecule has 0 aliphatic rings. The van der Waals surface area contributed by atoms with Crippen LogP contribution in [0.25, 0.3) is 0 Å². The molecule has 7 heteroatoms. The monoisotopic (exact) mass is 350 g/mol. The normalized spacial score (nSPS) is 11.1. The summed E-state index contributed by atoms with van der Waals surface area (Å²) >= 11 is 0. The number of anilines is 1. The SMILES string of the molecule is CCS(=O)(=O)N(C)c1ccc(C(=O)NCc2ccc(F)cc2)cc1. The van der Waals surface area contributed by atoms with Crippen molar-refractivity contribution in [1.29, 1.82) is 0 Å². The zero-order valence-corrected chi connectivity index (χ0v) is 14.3. The van der Waals surface area contributed by atoms with E-state index in [2.05, 4.69) is 5.32 Å². The van der Waals surface area contributed by atoms with Gasteiger partial charge in [-0.3, -0.25) is 9.10 Å². The summed E-state index contributed by atoms with van der Waals surface area (Å²) in [4.78, 5) is 12.1.